The van der Waals surface area contributed by atoms with Crippen LogP contribution >= 0.6 is 0 Å². The van der Waals surface area contributed by atoms with Crippen LogP contribution in [0.25, 0.3) is 0 Å². The average Bonchev–Trinajstić information content (AvgIpc) is 2.82. The molecule has 0 fully saturated rings. The van der Waals surface area contributed by atoms with Gasteiger partial charge >= 0.3 is 245 Å². The molecule has 212 valence electrons. The second kappa shape index (κ2) is 29.5. The van der Waals surface area contributed by atoms with E-state index in [9.17, 15) is 38.4 Å². The number of aliphatic carboxylic acids is 4. The van der Waals surface area contributed by atoms with Gasteiger partial charge in [0.25, 0.3) is 43.4 Å². The predicted octanol–water partition coefficient (Wildman–Crippen LogP) is -11.8. The molecule has 0 radical (unpaired) electrons. The zero-order valence-corrected chi connectivity index (χ0v) is 16.5. The average molecular weight is 819 g/mol. The van der Waals surface area contributed by atoms with Gasteiger partial charge in [0, 0.05) is 0 Å². The van der Waals surface area contributed by atoms with Crippen molar-refractivity contribution in [1.29, 1.82) is 0 Å². The first-order chi connectivity index (χ1) is 16.2. The van der Waals surface area contributed by atoms with Crippen LogP contribution in [0.4, 0.5) is 0 Å². The maximum absolute atomic E-state index is 10.5. The van der Waals surface area contributed by atoms with Gasteiger partial charge in [-0.05, 0) is 0 Å². The summed E-state index contributed by atoms with van der Waals surface area (Å²) in [6, 6.07) is 0. The minimum Gasteiger partial charge on any atom is 0.316 e. The Morgan fingerprint density at radius 1 is 0.333 bits per heavy atom. The van der Waals surface area contributed by atoms with Crippen LogP contribution in [0.15, 0.2) is 38.4 Å². The molecule has 0 saturated heterocycles. The van der Waals surface area contributed by atoms with Crippen LogP contribution in [0, 0.1) is 0 Å². The van der Waals surface area contributed by atoms with E-state index in [1.165, 1.54) is 0 Å². The van der Waals surface area contributed by atoms with E-state index >= 15 is 0 Å². The molecule has 26 heteroatoms. The van der Waals surface area contributed by atoms with Crippen LogP contribution in [-0.4, -0.2) is 286 Å². The van der Waals surface area contributed by atoms with Crippen LogP contribution in [0.2, 0.25) is 0 Å². The Morgan fingerprint density at radius 3 is 0.500 bits per heavy atom. The number of hydrogen-bond donors (Lipinski definition) is 8. The second-order valence-corrected chi connectivity index (χ2v) is 5.25. The maximum atomic E-state index is 10.5. The molecule has 0 bridgehead atoms. The normalized spacial score (nSPS) is 7.81. The Balaban J connectivity index is -0.0000000611. The monoisotopic (exact) mass is 818 g/mol. The zero-order chi connectivity index (χ0) is 29.2. The standard InChI is InChI=1S/2C6H2O6.2C2H2O4.Ba.2K.3Mg.10H/c2*7-1-2(8)4(10)6(12)5(11)3(1)9;2*3-1(4)2(5)6;;;;;;;;;;;;;;;;/h2*7-8H;2*(H,3,4)(H,5,6);;;;;;;;;;;;;;;;. The van der Waals surface area contributed by atoms with Gasteiger partial charge in [0.2, 0.25) is 23.0 Å². The van der Waals surface area contributed by atoms with Crippen molar-refractivity contribution in [3.05, 3.63) is 81.8 Å². The minimum atomic E-state index is -1.82. The van der Waals surface area contributed by atoms with Gasteiger partial charge in [0.15, 0.2) is 0 Å². The first kappa shape index (κ1) is 62.0. The SMILES string of the molecule is O=C(O)C(=O)O.O=C(O)C(=O)O.O=c1c(O)c(O)c(=O)c(=O)c1=O.O=c1c(O)c(O)c(=O)c(=O)c1=O.[BaH2].[KH].[KH].[MgH2].[MgH2].[MgH2]. The van der Waals surface area contributed by atoms with Gasteiger partial charge in [-0.15, -0.1) is 0 Å². The fraction of sp³-hybridized carbons (Fsp3) is 0. The van der Waals surface area contributed by atoms with E-state index in [1.54, 1.807) is 0 Å². The molecule has 0 aliphatic heterocycles. The Kier molecular flexibility index (Phi) is 43.5. The summed E-state index contributed by atoms with van der Waals surface area (Å²) >= 11 is 0. The summed E-state index contributed by atoms with van der Waals surface area (Å²) in [6.45, 7) is 0. The number of phenols is 4. The molecule has 8 N–H and O–H groups in total. The van der Waals surface area contributed by atoms with Gasteiger partial charge in [-0.2, -0.15) is 0 Å². The fourth-order valence-corrected chi connectivity index (χ4v) is 1.27. The molecule has 0 saturated carbocycles. The summed E-state index contributed by atoms with van der Waals surface area (Å²) < 4.78 is 0. The van der Waals surface area contributed by atoms with Gasteiger partial charge in [-0.25, -0.2) is 19.2 Å². The number of phenolic OH excluding ortho intramolecular Hbond substituents is 4. The van der Waals surface area contributed by atoms with E-state index < -0.39 is 90.3 Å². The van der Waals surface area contributed by atoms with E-state index in [-0.39, 0.29) is 221 Å². The van der Waals surface area contributed by atoms with Crippen LogP contribution in [0.5, 0.6) is 23.0 Å². The molecule has 0 aliphatic carbocycles. The van der Waals surface area contributed by atoms with Crippen molar-refractivity contribution in [3.8, 4) is 23.0 Å². The molecule has 0 atom stereocenters. The van der Waals surface area contributed by atoms with Crippen molar-refractivity contribution in [2.45, 2.75) is 0 Å². The third-order valence-corrected chi connectivity index (χ3v) is 2.91. The van der Waals surface area contributed by atoms with Crippen molar-refractivity contribution in [2.24, 2.45) is 0 Å². The van der Waals surface area contributed by atoms with E-state index in [1.807, 2.05) is 0 Å². The molecule has 20 nitrogen and oxygen atoms in total. The molecule has 2 aromatic carbocycles. The third-order valence-electron chi connectivity index (χ3n) is 2.91. The number of rotatable bonds is 0. The van der Waals surface area contributed by atoms with E-state index in [4.69, 9.17) is 60.0 Å². The quantitative estimate of drug-likeness (QED) is 0.0695. The van der Waals surface area contributed by atoms with Crippen molar-refractivity contribution >= 4 is 245 Å². The van der Waals surface area contributed by atoms with Gasteiger partial charge < -0.3 is 40.9 Å². The fourth-order valence-electron chi connectivity index (χ4n) is 1.27. The Bertz CT molecular complexity index is 1420. The predicted molar refractivity (Wildman–Crippen MR) is 153 cm³/mol. The second-order valence-electron chi connectivity index (χ2n) is 5.25. The van der Waals surface area contributed by atoms with Gasteiger partial charge in [0.1, 0.15) is 0 Å². The summed E-state index contributed by atoms with van der Waals surface area (Å²) in [5.74, 6) is -12.8. The number of hydrogen-bond acceptors (Lipinski definition) is 16. The van der Waals surface area contributed by atoms with Crippen LogP contribution < -0.4 is 43.4 Å². The van der Waals surface area contributed by atoms with E-state index in [0.717, 1.165) is 0 Å². The first-order valence-corrected chi connectivity index (χ1v) is 7.74. The summed E-state index contributed by atoms with van der Waals surface area (Å²) in [5.41, 5.74) is -12.8. The zero-order valence-electron chi connectivity index (χ0n) is 16.5. The summed E-state index contributed by atoms with van der Waals surface area (Å²) in [4.78, 5) is 120. The van der Waals surface area contributed by atoms with Crippen LogP contribution in [-0.2, 0) is 19.2 Å². The molecular weight excluding hydrogens is 801 g/mol. The molecule has 0 aromatic heterocycles. The molecule has 0 aliphatic rings. The van der Waals surface area contributed by atoms with Crippen molar-refractivity contribution in [3.63, 3.8) is 0 Å². The number of aromatic hydroxyl groups is 4. The van der Waals surface area contributed by atoms with Gasteiger partial charge in [-0.1, -0.05) is 0 Å². The Hall–Kier alpha value is 1.06. The minimum absolute atomic E-state index is 0. The summed E-state index contributed by atoms with van der Waals surface area (Å²) in [5, 5.41) is 63.9. The van der Waals surface area contributed by atoms with Crippen molar-refractivity contribution in [2.75, 3.05) is 0 Å². The number of carboxylic acid groups (broad SMARTS) is 4. The van der Waals surface area contributed by atoms with Crippen LogP contribution in [0.3, 0.4) is 0 Å². The Labute approximate surface area is 400 Å². The first-order valence-electron chi connectivity index (χ1n) is 7.74. The summed E-state index contributed by atoms with van der Waals surface area (Å²) in [7, 11) is 0. The molecule has 0 amide bonds. The molecule has 2 rings (SSSR count). The third kappa shape index (κ3) is 20.2. The number of benzene rings is 2. The van der Waals surface area contributed by atoms with Crippen molar-refractivity contribution < 1.29 is 60.0 Å². The Morgan fingerprint density at radius 2 is 0.429 bits per heavy atom. The van der Waals surface area contributed by atoms with Gasteiger partial charge in [-0.3, -0.25) is 38.4 Å². The topological polar surface area (TPSA) is 367 Å². The molecule has 42 heavy (non-hydrogen) atoms. The largest absolute Gasteiger partial charge is 0.316 e. The maximum Gasteiger partial charge on any atom is 0.316 e. The molecule has 0 unspecified atom stereocenters. The molecule has 0 heterocycles. The number of carboxylic acids is 4. The van der Waals surface area contributed by atoms with Crippen molar-refractivity contribution in [1.82, 2.24) is 0 Å². The molecular formula is C16H18BaK2Mg3O20. The van der Waals surface area contributed by atoms with Crippen LogP contribution in [0.1, 0.15) is 0 Å². The van der Waals surface area contributed by atoms with Gasteiger partial charge in [0.05, 0.1) is 0 Å². The molecule has 0 spiro atoms. The van der Waals surface area contributed by atoms with E-state index in [0.29, 0.717) is 0 Å². The smallest absolute Gasteiger partial charge is 0.316 e. The number of carbonyl (C=O) groups is 4. The molecule has 2 aromatic rings. The summed E-state index contributed by atoms with van der Waals surface area (Å²) in [6.07, 6.45) is 0. The van der Waals surface area contributed by atoms with E-state index in [2.05, 4.69) is 0 Å².